The van der Waals surface area contributed by atoms with Crippen molar-refractivity contribution in [3.8, 4) is 11.5 Å². The standard InChI is InChI=1S/C15H16F2N2Si/c1-20(2,3)7-6-10-8-12-15(14(17)13(10)16)19(9-18-12)11-4-5-11/h8-9,11H,4-5H2,1-3H3. The molecule has 0 saturated heterocycles. The van der Waals surface area contributed by atoms with Crippen molar-refractivity contribution in [1.29, 1.82) is 0 Å². The van der Waals surface area contributed by atoms with Crippen LogP contribution in [0.1, 0.15) is 24.4 Å². The lowest BCUT2D eigenvalue weighted by Crippen LogP contribution is -2.16. The Morgan fingerprint density at radius 1 is 1.25 bits per heavy atom. The van der Waals surface area contributed by atoms with E-state index in [4.69, 9.17) is 0 Å². The summed E-state index contributed by atoms with van der Waals surface area (Å²) in [6.07, 6.45) is 3.61. The zero-order valence-electron chi connectivity index (χ0n) is 11.8. The summed E-state index contributed by atoms with van der Waals surface area (Å²) < 4.78 is 30.2. The summed E-state index contributed by atoms with van der Waals surface area (Å²) in [6.45, 7) is 6.19. The van der Waals surface area contributed by atoms with Crippen LogP contribution < -0.4 is 0 Å². The van der Waals surface area contributed by atoms with Crippen LogP contribution in [0.3, 0.4) is 0 Å². The molecule has 20 heavy (non-hydrogen) atoms. The highest BCUT2D eigenvalue weighted by Crippen LogP contribution is 2.38. The second-order valence-corrected chi connectivity index (χ2v) is 11.1. The molecule has 5 heteroatoms. The zero-order chi connectivity index (χ0) is 14.5. The molecule has 1 aliphatic carbocycles. The van der Waals surface area contributed by atoms with Crippen LogP contribution in [0.2, 0.25) is 19.6 Å². The van der Waals surface area contributed by atoms with Gasteiger partial charge >= 0.3 is 0 Å². The van der Waals surface area contributed by atoms with Crippen LogP contribution in [0.5, 0.6) is 0 Å². The molecule has 1 saturated carbocycles. The molecule has 3 rings (SSSR count). The number of rotatable bonds is 1. The van der Waals surface area contributed by atoms with Crippen molar-refractivity contribution in [3.63, 3.8) is 0 Å². The van der Waals surface area contributed by atoms with E-state index in [9.17, 15) is 8.78 Å². The van der Waals surface area contributed by atoms with Crippen LogP contribution >= 0.6 is 0 Å². The number of imidazole rings is 1. The van der Waals surface area contributed by atoms with Crippen LogP contribution in [0.15, 0.2) is 12.4 Å². The van der Waals surface area contributed by atoms with Gasteiger partial charge in [-0.2, -0.15) is 0 Å². The molecule has 0 bridgehead atoms. The van der Waals surface area contributed by atoms with Crippen molar-refractivity contribution >= 4 is 19.1 Å². The molecule has 0 N–H and O–H groups in total. The summed E-state index contributed by atoms with van der Waals surface area (Å²) in [5.41, 5.74) is 3.92. The van der Waals surface area contributed by atoms with Gasteiger partial charge in [-0.1, -0.05) is 25.6 Å². The van der Waals surface area contributed by atoms with Crippen LogP contribution in [-0.4, -0.2) is 17.6 Å². The second-order valence-electron chi connectivity index (χ2n) is 6.30. The van der Waals surface area contributed by atoms with E-state index in [2.05, 4.69) is 36.1 Å². The third-order valence-corrected chi connectivity index (χ3v) is 4.13. The maximum Gasteiger partial charge on any atom is 0.185 e. The molecule has 0 atom stereocenters. The number of benzene rings is 1. The zero-order valence-corrected chi connectivity index (χ0v) is 12.8. The van der Waals surface area contributed by atoms with E-state index in [1.807, 2.05) is 0 Å². The molecular formula is C15H16F2N2Si. The molecule has 1 aliphatic rings. The van der Waals surface area contributed by atoms with E-state index in [1.54, 1.807) is 17.0 Å². The number of halogens is 2. The van der Waals surface area contributed by atoms with Gasteiger partial charge in [-0.05, 0) is 18.9 Å². The van der Waals surface area contributed by atoms with Gasteiger partial charge < -0.3 is 4.57 Å². The van der Waals surface area contributed by atoms with Crippen LogP contribution in [0, 0.1) is 23.1 Å². The fraction of sp³-hybridized carbons (Fsp3) is 0.400. The SMILES string of the molecule is C[Si](C)(C)C#Cc1cc2ncn(C3CC3)c2c(F)c1F. The molecule has 1 heterocycles. The molecule has 0 unspecified atom stereocenters. The Hall–Kier alpha value is -1.67. The molecule has 1 fully saturated rings. The lowest BCUT2D eigenvalue weighted by Gasteiger charge is -2.06. The fourth-order valence-electron chi connectivity index (χ4n) is 2.10. The van der Waals surface area contributed by atoms with Crippen molar-refractivity contribution in [3.05, 3.63) is 29.6 Å². The Morgan fingerprint density at radius 2 is 1.95 bits per heavy atom. The highest BCUT2D eigenvalue weighted by atomic mass is 28.3. The van der Waals surface area contributed by atoms with E-state index in [1.165, 1.54) is 0 Å². The highest BCUT2D eigenvalue weighted by molar-refractivity contribution is 6.83. The Morgan fingerprint density at radius 3 is 2.55 bits per heavy atom. The van der Waals surface area contributed by atoms with Crippen molar-refractivity contribution < 1.29 is 8.78 Å². The lowest BCUT2D eigenvalue weighted by molar-refractivity contribution is 0.509. The molecule has 2 nitrogen and oxygen atoms in total. The van der Waals surface area contributed by atoms with Crippen molar-refractivity contribution in [2.24, 2.45) is 0 Å². The Balaban J connectivity index is 2.16. The minimum absolute atomic E-state index is 0.110. The van der Waals surface area contributed by atoms with Gasteiger partial charge in [0.2, 0.25) is 0 Å². The summed E-state index contributed by atoms with van der Waals surface area (Å²) in [5, 5.41) is 0. The Labute approximate surface area is 117 Å². The third kappa shape index (κ3) is 2.36. The van der Waals surface area contributed by atoms with Crippen LogP contribution in [0.25, 0.3) is 11.0 Å². The first-order valence-corrected chi connectivity index (χ1v) is 10.2. The minimum atomic E-state index is -1.63. The summed E-state index contributed by atoms with van der Waals surface area (Å²) >= 11 is 0. The molecular weight excluding hydrogens is 274 g/mol. The molecule has 0 amide bonds. The molecule has 0 aliphatic heterocycles. The Bertz CT molecular complexity index is 743. The van der Waals surface area contributed by atoms with Gasteiger partial charge in [-0.3, -0.25) is 0 Å². The van der Waals surface area contributed by atoms with Crippen LogP contribution in [-0.2, 0) is 0 Å². The average molecular weight is 290 g/mol. The van der Waals surface area contributed by atoms with Gasteiger partial charge in [0.15, 0.2) is 11.6 Å². The maximum atomic E-state index is 14.3. The topological polar surface area (TPSA) is 17.8 Å². The molecule has 1 aromatic heterocycles. The molecule has 0 radical (unpaired) electrons. The average Bonchev–Trinajstić information content (AvgIpc) is 3.11. The van der Waals surface area contributed by atoms with Gasteiger partial charge in [0.25, 0.3) is 0 Å². The second kappa shape index (κ2) is 4.42. The number of hydrogen-bond acceptors (Lipinski definition) is 1. The highest BCUT2D eigenvalue weighted by Gasteiger charge is 2.27. The van der Waals surface area contributed by atoms with Crippen molar-refractivity contribution in [1.82, 2.24) is 9.55 Å². The lowest BCUT2D eigenvalue weighted by atomic mass is 10.2. The smallest absolute Gasteiger partial charge is 0.185 e. The number of fused-ring (bicyclic) bond motifs is 1. The quantitative estimate of drug-likeness (QED) is 0.576. The fourth-order valence-corrected chi connectivity index (χ4v) is 2.61. The first-order chi connectivity index (χ1) is 9.37. The van der Waals surface area contributed by atoms with Gasteiger partial charge in [0, 0.05) is 6.04 Å². The molecule has 2 aromatic rings. The first kappa shape index (κ1) is 13.3. The largest absolute Gasteiger partial charge is 0.325 e. The van der Waals surface area contributed by atoms with Crippen LogP contribution in [0.4, 0.5) is 8.78 Å². The molecule has 1 aromatic carbocycles. The van der Waals surface area contributed by atoms with Gasteiger partial charge in [-0.25, -0.2) is 13.8 Å². The number of hydrogen-bond donors (Lipinski definition) is 0. The number of nitrogens with zero attached hydrogens (tertiary/aromatic N) is 2. The van der Waals surface area contributed by atoms with E-state index in [0.717, 1.165) is 12.8 Å². The van der Waals surface area contributed by atoms with E-state index in [-0.39, 0.29) is 17.1 Å². The molecule has 104 valence electrons. The van der Waals surface area contributed by atoms with Gasteiger partial charge in [0.1, 0.15) is 13.6 Å². The summed E-state index contributed by atoms with van der Waals surface area (Å²) in [7, 11) is -1.63. The molecule has 0 spiro atoms. The predicted octanol–water partition coefficient (Wildman–Crippen LogP) is 3.88. The predicted molar refractivity (Wildman–Crippen MR) is 78.1 cm³/mol. The summed E-state index contributed by atoms with van der Waals surface area (Å²) in [6, 6.07) is 1.83. The van der Waals surface area contributed by atoms with E-state index >= 15 is 0 Å². The van der Waals surface area contributed by atoms with E-state index in [0.29, 0.717) is 5.52 Å². The third-order valence-electron chi connectivity index (χ3n) is 3.25. The van der Waals surface area contributed by atoms with E-state index < -0.39 is 19.7 Å². The van der Waals surface area contributed by atoms with Crippen molar-refractivity contribution in [2.45, 2.75) is 38.5 Å². The first-order valence-electron chi connectivity index (χ1n) is 6.74. The van der Waals surface area contributed by atoms with Gasteiger partial charge in [-0.15, -0.1) is 5.54 Å². The summed E-state index contributed by atoms with van der Waals surface area (Å²) in [4.78, 5) is 4.19. The number of aromatic nitrogens is 2. The minimum Gasteiger partial charge on any atom is -0.325 e. The van der Waals surface area contributed by atoms with Crippen molar-refractivity contribution in [2.75, 3.05) is 0 Å². The van der Waals surface area contributed by atoms with Gasteiger partial charge in [0.05, 0.1) is 17.4 Å². The Kier molecular flexibility index (Phi) is 2.94. The monoisotopic (exact) mass is 290 g/mol. The normalized spacial score (nSPS) is 15.2. The summed E-state index contributed by atoms with van der Waals surface area (Å²) in [5.74, 6) is 1.10. The maximum absolute atomic E-state index is 14.3.